The van der Waals surface area contributed by atoms with Gasteiger partial charge < -0.3 is 14.8 Å². The second kappa shape index (κ2) is 7.69. The van der Waals surface area contributed by atoms with Crippen LogP contribution in [0.4, 0.5) is 0 Å². The number of H-pyrrole nitrogens is 1. The maximum absolute atomic E-state index is 5.37. The third-order valence-corrected chi connectivity index (χ3v) is 3.54. The minimum Gasteiger partial charge on any atom is -0.497 e. The Morgan fingerprint density at radius 3 is 2.71 bits per heavy atom. The first-order valence-electron chi connectivity index (χ1n) is 7.15. The maximum Gasteiger partial charge on any atom is 0.123 e. The first kappa shape index (κ1) is 15.4. The number of aryl methyl sites for hydroxylation is 2. The second-order valence-corrected chi connectivity index (χ2v) is 4.98. The van der Waals surface area contributed by atoms with E-state index in [2.05, 4.69) is 22.4 Å². The highest BCUT2D eigenvalue weighted by Crippen LogP contribution is 2.23. The fourth-order valence-corrected chi connectivity index (χ4v) is 2.27. The van der Waals surface area contributed by atoms with E-state index in [1.807, 2.05) is 24.4 Å². The number of hydrogen-bond acceptors (Lipinski definition) is 4. The van der Waals surface area contributed by atoms with E-state index >= 15 is 0 Å². The van der Waals surface area contributed by atoms with Crippen LogP contribution in [0.3, 0.4) is 0 Å². The smallest absolute Gasteiger partial charge is 0.123 e. The fraction of sp³-hybridized carbons (Fsp3) is 0.438. The van der Waals surface area contributed by atoms with Crippen molar-refractivity contribution in [2.45, 2.75) is 26.3 Å². The van der Waals surface area contributed by atoms with Gasteiger partial charge in [-0.25, -0.2) is 0 Å². The van der Waals surface area contributed by atoms with Crippen molar-refractivity contribution in [2.75, 3.05) is 20.8 Å². The van der Waals surface area contributed by atoms with Gasteiger partial charge in [0.05, 0.1) is 20.4 Å². The Kier molecular flexibility index (Phi) is 5.63. The van der Waals surface area contributed by atoms with Crippen LogP contribution in [-0.4, -0.2) is 31.0 Å². The van der Waals surface area contributed by atoms with Crippen molar-refractivity contribution in [3.8, 4) is 11.5 Å². The number of rotatable bonds is 8. The van der Waals surface area contributed by atoms with Crippen LogP contribution < -0.4 is 14.8 Å². The van der Waals surface area contributed by atoms with Gasteiger partial charge in [-0.1, -0.05) is 0 Å². The van der Waals surface area contributed by atoms with Crippen LogP contribution in [0.15, 0.2) is 24.4 Å². The number of nitrogens with one attached hydrogen (secondary N) is 2. The molecule has 0 fully saturated rings. The quantitative estimate of drug-likeness (QED) is 0.733. The largest absolute Gasteiger partial charge is 0.497 e. The average Bonchev–Trinajstić information content (AvgIpc) is 2.92. The number of benzene rings is 1. The lowest BCUT2D eigenvalue weighted by atomic mass is 10.1. The van der Waals surface area contributed by atoms with Gasteiger partial charge in [0.15, 0.2) is 0 Å². The number of aromatic amines is 1. The highest BCUT2D eigenvalue weighted by Gasteiger charge is 2.05. The lowest BCUT2D eigenvalue weighted by Crippen LogP contribution is -2.16. The molecule has 21 heavy (non-hydrogen) atoms. The molecule has 0 radical (unpaired) electrons. The van der Waals surface area contributed by atoms with Crippen molar-refractivity contribution in [3.63, 3.8) is 0 Å². The predicted octanol–water partition coefficient (Wildman–Crippen LogP) is 2.46. The first-order chi connectivity index (χ1) is 10.2. The SMILES string of the molecule is COc1ccc(OC)c(CNCCCc2cn[nH]c2C)c1. The highest BCUT2D eigenvalue weighted by molar-refractivity contribution is 5.40. The summed E-state index contributed by atoms with van der Waals surface area (Å²) >= 11 is 0. The van der Waals surface area contributed by atoms with Crippen LogP contribution in [-0.2, 0) is 13.0 Å². The third-order valence-electron chi connectivity index (χ3n) is 3.54. The van der Waals surface area contributed by atoms with Crippen molar-refractivity contribution < 1.29 is 9.47 Å². The van der Waals surface area contributed by atoms with Crippen LogP contribution in [0.2, 0.25) is 0 Å². The molecule has 0 saturated heterocycles. The minimum atomic E-state index is 0.769. The molecule has 0 unspecified atom stereocenters. The maximum atomic E-state index is 5.37. The molecule has 0 bridgehead atoms. The Hall–Kier alpha value is -2.01. The Balaban J connectivity index is 1.79. The third kappa shape index (κ3) is 4.23. The molecule has 0 amide bonds. The summed E-state index contributed by atoms with van der Waals surface area (Å²) in [7, 11) is 3.36. The van der Waals surface area contributed by atoms with E-state index in [0.717, 1.165) is 48.7 Å². The normalized spacial score (nSPS) is 10.6. The Morgan fingerprint density at radius 2 is 2.05 bits per heavy atom. The molecule has 114 valence electrons. The van der Waals surface area contributed by atoms with Crippen LogP contribution in [0.25, 0.3) is 0 Å². The molecule has 0 aliphatic carbocycles. The van der Waals surface area contributed by atoms with Gasteiger partial charge in [-0.3, -0.25) is 5.10 Å². The summed E-state index contributed by atoms with van der Waals surface area (Å²) in [5.74, 6) is 1.73. The predicted molar refractivity (Wildman–Crippen MR) is 82.9 cm³/mol. The van der Waals surface area contributed by atoms with E-state index in [-0.39, 0.29) is 0 Å². The lowest BCUT2D eigenvalue weighted by molar-refractivity contribution is 0.397. The molecule has 2 rings (SSSR count). The molecule has 2 N–H and O–H groups in total. The standard InChI is InChI=1S/C16H23N3O2/c1-12-13(11-18-19-12)5-4-8-17-10-14-9-15(20-2)6-7-16(14)21-3/h6-7,9,11,17H,4-5,8,10H2,1-3H3,(H,18,19). The second-order valence-electron chi connectivity index (χ2n) is 4.98. The van der Waals surface area contributed by atoms with Crippen molar-refractivity contribution in [2.24, 2.45) is 0 Å². The van der Waals surface area contributed by atoms with Gasteiger partial charge in [-0.2, -0.15) is 5.10 Å². The summed E-state index contributed by atoms with van der Waals surface area (Å²) < 4.78 is 10.6. The van der Waals surface area contributed by atoms with Crippen molar-refractivity contribution in [1.29, 1.82) is 0 Å². The van der Waals surface area contributed by atoms with E-state index < -0.39 is 0 Å². The zero-order valence-electron chi connectivity index (χ0n) is 12.9. The van der Waals surface area contributed by atoms with Gasteiger partial charge in [-0.05, 0) is 50.1 Å². The molecule has 0 saturated carbocycles. The summed E-state index contributed by atoms with van der Waals surface area (Å²) in [6.07, 6.45) is 4.01. The fourth-order valence-electron chi connectivity index (χ4n) is 2.27. The van der Waals surface area contributed by atoms with Crippen LogP contribution in [0.1, 0.15) is 23.2 Å². The van der Waals surface area contributed by atoms with Gasteiger partial charge in [0, 0.05) is 17.8 Å². The summed E-state index contributed by atoms with van der Waals surface area (Å²) in [6, 6.07) is 5.85. The number of methoxy groups -OCH3 is 2. The van der Waals surface area contributed by atoms with Crippen molar-refractivity contribution in [1.82, 2.24) is 15.5 Å². The van der Waals surface area contributed by atoms with E-state index in [1.165, 1.54) is 5.56 Å². The van der Waals surface area contributed by atoms with Gasteiger partial charge in [-0.15, -0.1) is 0 Å². The van der Waals surface area contributed by atoms with Gasteiger partial charge in [0.25, 0.3) is 0 Å². The molecule has 2 aromatic rings. The molecule has 0 atom stereocenters. The molecular formula is C16H23N3O2. The zero-order chi connectivity index (χ0) is 15.1. The first-order valence-corrected chi connectivity index (χ1v) is 7.15. The molecule has 1 heterocycles. The zero-order valence-corrected chi connectivity index (χ0v) is 12.9. The molecule has 1 aromatic heterocycles. The van der Waals surface area contributed by atoms with Crippen LogP contribution >= 0.6 is 0 Å². The summed E-state index contributed by atoms with van der Waals surface area (Å²) in [4.78, 5) is 0. The van der Waals surface area contributed by atoms with Gasteiger partial charge in [0.1, 0.15) is 11.5 Å². The number of hydrogen-bond donors (Lipinski definition) is 2. The molecule has 5 heteroatoms. The van der Waals surface area contributed by atoms with Crippen LogP contribution in [0, 0.1) is 6.92 Å². The Bertz CT molecular complexity index is 566. The lowest BCUT2D eigenvalue weighted by Gasteiger charge is -2.11. The van der Waals surface area contributed by atoms with E-state index in [1.54, 1.807) is 14.2 Å². The Morgan fingerprint density at radius 1 is 1.19 bits per heavy atom. The molecule has 0 spiro atoms. The van der Waals surface area contributed by atoms with E-state index in [0.29, 0.717) is 0 Å². The Labute approximate surface area is 125 Å². The molecule has 0 aliphatic heterocycles. The van der Waals surface area contributed by atoms with Gasteiger partial charge >= 0.3 is 0 Å². The minimum absolute atomic E-state index is 0.769. The van der Waals surface area contributed by atoms with Crippen molar-refractivity contribution >= 4 is 0 Å². The molecule has 5 nitrogen and oxygen atoms in total. The summed E-state index contributed by atoms with van der Waals surface area (Å²) in [5, 5.41) is 10.4. The molecule has 0 aliphatic rings. The number of nitrogens with zero attached hydrogens (tertiary/aromatic N) is 1. The highest BCUT2D eigenvalue weighted by atomic mass is 16.5. The average molecular weight is 289 g/mol. The number of ether oxygens (including phenoxy) is 2. The van der Waals surface area contributed by atoms with E-state index in [9.17, 15) is 0 Å². The molecular weight excluding hydrogens is 266 g/mol. The van der Waals surface area contributed by atoms with Crippen molar-refractivity contribution in [3.05, 3.63) is 41.2 Å². The summed E-state index contributed by atoms with van der Waals surface area (Å²) in [6.45, 7) is 3.77. The monoisotopic (exact) mass is 289 g/mol. The van der Waals surface area contributed by atoms with Gasteiger partial charge in [0.2, 0.25) is 0 Å². The molecule has 1 aromatic carbocycles. The number of aromatic nitrogens is 2. The summed E-state index contributed by atoms with van der Waals surface area (Å²) in [5.41, 5.74) is 3.55. The van der Waals surface area contributed by atoms with E-state index in [4.69, 9.17) is 9.47 Å². The van der Waals surface area contributed by atoms with Crippen LogP contribution in [0.5, 0.6) is 11.5 Å². The topological polar surface area (TPSA) is 59.2 Å².